The molecular formula is C21H30N2O2S. The van der Waals surface area contributed by atoms with E-state index in [9.17, 15) is 9.59 Å². The lowest BCUT2D eigenvalue weighted by Gasteiger charge is -2.32. The van der Waals surface area contributed by atoms with Gasteiger partial charge in [0.25, 0.3) is 0 Å². The lowest BCUT2D eigenvalue weighted by atomic mass is 10.1. The molecule has 1 aromatic carbocycles. The van der Waals surface area contributed by atoms with Gasteiger partial charge in [-0.05, 0) is 37.2 Å². The normalized spacial score (nSPS) is 20.5. The van der Waals surface area contributed by atoms with Crippen molar-refractivity contribution in [2.45, 2.75) is 49.7 Å². The Morgan fingerprint density at radius 1 is 1.00 bits per heavy atom. The number of piperazine rings is 1. The van der Waals surface area contributed by atoms with Crippen LogP contribution in [0.2, 0.25) is 0 Å². The van der Waals surface area contributed by atoms with Gasteiger partial charge < -0.3 is 9.80 Å². The van der Waals surface area contributed by atoms with E-state index in [4.69, 9.17) is 0 Å². The summed E-state index contributed by atoms with van der Waals surface area (Å²) in [6, 6.07) is 10.8. The minimum absolute atomic E-state index is 0.243. The maximum absolute atomic E-state index is 11.9. The third-order valence-corrected chi connectivity index (χ3v) is 6.77. The van der Waals surface area contributed by atoms with Gasteiger partial charge in [0.1, 0.15) is 0 Å². The van der Waals surface area contributed by atoms with Crippen LogP contribution in [0.4, 0.5) is 0 Å². The van der Waals surface area contributed by atoms with Crippen molar-refractivity contribution < 1.29 is 9.59 Å². The van der Waals surface area contributed by atoms with E-state index in [1.54, 1.807) is 4.90 Å². The quantitative estimate of drug-likeness (QED) is 0.741. The number of rotatable bonds is 5. The summed E-state index contributed by atoms with van der Waals surface area (Å²) in [5.41, 5.74) is 1.53. The van der Waals surface area contributed by atoms with Gasteiger partial charge in [0, 0.05) is 31.4 Å². The molecule has 0 bridgehead atoms. The van der Waals surface area contributed by atoms with Crippen LogP contribution in [0.1, 0.15) is 50.0 Å². The average molecular weight is 375 g/mol. The summed E-state index contributed by atoms with van der Waals surface area (Å²) in [6.07, 6.45) is 8.88. The van der Waals surface area contributed by atoms with Crippen molar-refractivity contribution in [2.24, 2.45) is 0 Å². The summed E-state index contributed by atoms with van der Waals surface area (Å²) >= 11 is 1.82. The monoisotopic (exact) mass is 374 g/mol. The Labute approximate surface area is 161 Å². The molecule has 0 radical (unpaired) electrons. The first-order valence-corrected chi connectivity index (χ1v) is 10.9. The highest BCUT2D eigenvalue weighted by atomic mass is 32.2. The molecule has 0 atom stereocenters. The van der Waals surface area contributed by atoms with E-state index in [-0.39, 0.29) is 5.91 Å². The molecule has 0 N–H and O–H groups in total. The number of hydrogen-bond acceptors (Lipinski definition) is 3. The molecule has 3 fully saturated rings. The van der Waals surface area contributed by atoms with Crippen LogP contribution in [-0.4, -0.2) is 59.3 Å². The summed E-state index contributed by atoms with van der Waals surface area (Å²) < 4.78 is 0. The number of benzene rings is 1. The summed E-state index contributed by atoms with van der Waals surface area (Å²) in [5.74, 6) is 1.77. The van der Waals surface area contributed by atoms with E-state index in [0.29, 0.717) is 37.2 Å². The van der Waals surface area contributed by atoms with E-state index in [1.165, 1.54) is 44.1 Å². The van der Waals surface area contributed by atoms with Crippen molar-refractivity contribution in [1.82, 2.24) is 9.80 Å². The van der Waals surface area contributed by atoms with Crippen molar-refractivity contribution in [3.8, 4) is 0 Å². The van der Waals surface area contributed by atoms with Crippen LogP contribution in [-0.2, 0) is 9.59 Å². The maximum Gasteiger partial charge on any atom is 0.232 e. The Hall–Kier alpha value is -1.49. The lowest BCUT2D eigenvalue weighted by Crippen LogP contribution is -2.48. The fourth-order valence-electron chi connectivity index (χ4n) is 3.55. The largest absolute Gasteiger partial charge is 0.342 e. The Balaban J connectivity index is 0.000000181. The van der Waals surface area contributed by atoms with Crippen LogP contribution in [0.3, 0.4) is 0 Å². The van der Waals surface area contributed by atoms with Crippen molar-refractivity contribution in [3.05, 3.63) is 35.9 Å². The van der Waals surface area contributed by atoms with Crippen LogP contribution < -0.4 is 0 Å². The van der Waals surface area contributed by atoms with E-state index in [1.807, 2.05) is 16.7 Å². The fourth-order valence-corrected chi connectivity index (χ4v) is 4.78. The van der Waals surface area contributed by atoms with Gasteiger partial charge in [0.2, 0.25) is 12.3 Å². The van der Waals surface area contributed by atoms with Gasteiger partial charge in [0.15, 0.2) is 0 Å². The lowest BCUT2D eigenvalue weighted by molar-refractivity contribution is -0.132. The van der Waals surface area contributed by atoms with Crippen molar-refractivity contribution in [3.63, 3.8) is 0 Å². The van der Waals surface area contributed by atoms with Crippen LogP contribution in [0, 0.1) is 0 Å². The van der Waals surface area contributed by atoms with Crippen molar-refractivity contribution in [2.75, 3.05) is 31.9 Å². The van der Waals surface area contributed by atoms with Gasteiger partial charge in [-0.2, -0.15) is 0 Å². The second-order valence-electron chi connectivity index (χ2n) is 7.42. The van der Waals surface area contributed by atoms with Crippen molar-refractivity contribution >= 4 is 24.1 Å². The van der Waals surface area contributed by atoms with Crippen molar-refractivity contribution in [1.29, 1.82) is 0 Å². The van der Waals surface area contributed by atoms with Crippen LogP contribution in [0.25, 0.3) is 0 Å². The van der Waals surface area contributed by atoms with Crippen LogP contribution >= 0.6 is 11.8 Å². The molecular weight excluding hydrogens is 344 g/mol. The second kappa shape index (κ2) is 10.0. The molecule has 2 amide bonds. The Kier molecular flexibility index (Phi) is 7.42. The average Bonchev–Trinajstić information content (AvgIpc) is 3.43. The highest BCUT2D eigenvalue weighted by Gasteiger charge is 2.23. The standard InChI is InChI=1S/C12H20N2O2S.C9H10/c15-10-13-5-7-14(8-6-13)12(16)9-17-11-3-1-2-4-11;1-2-4-8(5-3-1)9-6-7-9/h10-11H,1-9H2;1-5,9H,6-7H2. The predicted octanol–water partition coefficient (Wildman–Crippen LogP) is 3.53. The molecule has 1 aromatic rings. The Bertz CT molecular complexity index is 563. The molecule has 26 heavy (non-hydrogen) atoms. The third kappa shape index (κ3) is 6.04. The van der Waals surface area contributed by atoms with E-state index >= 15 is 0 Å². The molecule has 0 unspecified atom stereocenters. The molecule has 4 rings (SSSR count). The van der Waals surface area contributed by atoms with Gasteiger partial charge in [-0.25, -0.2) is 0 Å². The zero-order valence-electron chi connectivity index (χ0n) is 15.5. The smallest absolute Gasteiger partial charge is 0.232 e. The minimum atomic E-state index is 0.243. The highest BCUT2D eigenvalue weighted by molar-refractivity contribution is 8.00. The van der Waals surface area contributed by atoms with Gasteiger partial charge in [-0.3, -0.25) is 9.59 Å². The number of hydrogen-bond donors (Lipinski definition) is 0. The second-order valence-corrected chi connectivity index (χ2v) is 8.71. The van der Waals surface area contributed by atoms with Gasteiger partial charge in [0.05, 0.1) is 5.75 Å². The van der Waals surface area contributed by atoms with Gasteiger partial charge >= 0.3 is 0 Å². The summed E-state index contributed by atoms with van der Waals surface area (Å²) in [6.45, 7) is 2.76. The summed E-state index contributed by atoms with van der Waals surface area (Å²) in [4.78, 5) is 26.1. The fraction of sp³-hybridized carbons (Fsp3) is 0.619. The zero-order chi connectivity index (χ0) is 18.2. The zero-order valence-corrected chi connectivity index (χ0v) is 16.3. The molecule has 4 nitrogen and oxygen atoms in total. The highest BCUT2D eigenvalue weighted by Crippen LogP contribution is 2.39. The number of carbonyl (C=O) groups excluding carboxylic acids is 2. The molecule has 2 aliphatic carbocycles. The topological polar surface area (TPSA) is 40.6 Å². The first-order valence-electron chi connectivity index (χ1n) is 9.90. The van der Waals surface area contributed by atoms with Gasteiger partial charge in [-0.1, -0.05) is 43.2 Å². The molecule has 142 valence electrons. The van der Waals surface area contributed by atoms with E-state index < -0.39 is 0 Å². The molecule has 3 aliphatic rings. The number of amides is 2. The minimum Gasteiger partial charge on any atom is -0.342 e. The van der Waals surface area contributed by atoms with Crippen LogP contribution in [0.15, 0.2) is 30.3 Å². The molecule has 1 aliphatic heterocycles. The number of thioether (sulfide) groups is 1. The molecule has 1 saturated heterocycles. The summed E-state index contributed by atoms with van der Waals surface area (Å²) in [5, 5.41) is 0.704. The predicted molar refractivity (Wildman–Crippen MR) is 107 cm³/mol. The van der Waals surface area contributed by atoms with Crippen LogP contribution in [0.5, 0.6) is 0 Å². The molecule has 5 heteroatoms. The SMILES string of the molecule is O=CN1CCN(C(=O)CSC2CCCC2)CC1.c1ccc(C2CC2)cc1. The Morgan fingerprint density at radius 2 is 1.65 bits per heavy atom. The number of nitrogens with zero attached hydrogens (tertiary/aromatic N) is 2. The first kappa shape index (κ1) is 19.3. The Morgan fingerprint density at radius 3 is 2.23 bits per heavy atom. The van der Waals surface area contributed by atoms with E-state index in [2.05, 4.69) is 30.3 Å². The molecule has 0 spiro atoms. The first-order chi connectivity index (χ1) is 12.8. The molecule has 0 aromatic heterocycles. The van der Waals surface area contributed by atoms with E-state index in [0.717, 1.165) is 12.3 Å². The maximum atomic E-state index is 11.9. The third-order valence-electron chi connectivity index (χ3n) is 5.41. The summed E-state index contributed by atoms with van der Waals surface area (Å²) in [7, 11) is 0. The van der Waals surface area contributed by atoms with Gasteiger partial charge in [-0.15, -0.1) is 11.8 Å². The molecule has 1 heterocycles. The number of carbonyl (C=O) groups is 2. The molecule has 2 saturated carbocycles.